The molecule has 0 saturated heterocycles. The standard InChI is InChI=1S/C58H41N3/c1-5-19-42(20-6-1)50-27-15-17-31-55(50)60(45-23-9-3-10-24-45)57-40-39-49(51-28-13-14-29-52(51)57)43-33-35-47(36-34-43)59(44-21-7-2-8-22-44)48-37-38-54-53-30-16-18-32-56(53)61(58(54)41-48)46-25-11-4-12-26-46/h1-41H. The van der Waals surface area contributed by atoms with Gasteiger partial charge in [0.15, 0.2) is 0 Å². The molecule has 11 rings (SSSR count). The predicted octanol–water partition coefficient (Wildman–Crippen LogP) is 16.2. The molecule has 3 heteroatoms. The van der Waals surface area contributed by atoms with Crippen molar-refractivity contribution < 1.29 is 0 Å². The Morgan fingerprint density at radius 2 is 0.770 bits per heavy atom. The molecule has 1 aromatic heterocycles. The fourth-order valence-electron chi connectivity index (χ4n) is 9.01. The SMILES string of the molecule is c1ccc(-c2ccccc2N(c2ccccc2)c2ccc(-c3ccc(N(c4ccccc4)c4ccc5c6ccccc6n(-c6ccccc6)c5c4)cc3)c3ccccc23)cc1. The Balaban J connectivity index is 1.03. The summed E-state index contributed by atoms with van der Waals surface area (Å²) in [4.78, 5) is 4.77. The van der Waals surface area contributed by atoms with Crippen LogP contribution in [0.15, 0.2) is 249 Å². The lowest BCUT2D eigenvalue weighted by Crippen LogP contribution is -2.11. The first-order valence-corrected chi connectivity index (χ1v) is 20.9. The fourth-order valence-corrected chi connectivity index (χ4v) is 9.01. The van der Waals surface area contributed by atoms with E-state index < -0.39 is 0 Å². The van der Waals surface area contributed by atoms with Crippen LogP contribution in [0, 0.1) is 0 Å². The van der Waals surface area contributed by atoms with Crippen molar-refractivity contribution in [3.05, 3.63) is 249 Å². The van der Waals surface area contributed by atoms with E-state index in [0.29, 0.717) is 0 Å². The summed E-state index contributed by atoms with van der Waals surface area (Å²) in [6.45, 7) is 0. The third-order valence-electron chi connectivity index (χ3n) is 11.8. The van der Waals surface area contributed by atoms with Gasteiger partial charge in [0.05, 0.1) is 22.4 Å². The van der Waals surface area contributed by atoms with Crippen LogP contribution in [0.3, 0.4) is 0 Å². The quantitative estimate of drug-likeness (QED) is 0.145. The lowest BCUT2D eigenvalue weighted by Gasteiger charge is -2.29. The van der Waals surface area contributed by atoms with Gasteiger partial charge < -0.3 is 14.4 Å². The fraction of sp³-hybridized carbons (Fsp3) is 0. The van der Waals surface area contributed by atoms with E-state index in [1.807, 2.05) is 0 Å². The highest BCUT2D eigenvalue weighted by molar-refractivity contribution is 6.11. The Bertz CT molecular complexity index is 3280. The first-order chi connectivity index (χ1) is 30.3. The summed E-state index contributed by atoms with van der Waals surface area (Å²) in [5.41, 5.74) is 14.9. The van der Waals surface area contributed by atoms with E-state index in [-0.39, 0.29) is 0 Å². The predicted molar refractivity (Wildman–Crippen MR) is 259 cm³/mol. The lowest BCUT2D eigenvalue weighted by molar-refractivity contribution is 1.18. The number of aromatic nitrogens is 1. The Kier molecular flexibility index (Phi) is 9.18. The molecule has 10 aromatic carbocycles. The molecule has 0 atom stereocenters. The Morgan fingerprint density at radius 3 is 1.49 bits per heavy atom. The van der Waals surface area contributed by atoms with Gasteiger partial charge in [-0.2, -0.15) is 0 Å². The van der Waals surface area contributed by atoms with Gasteiger partial charge in [0, 0.05) is 50.2 Å². The summed E-state index contributed by atoms with van der Waals surface area (Å²) in [5, 5.41) is 4.86. The topological polar surface area (TPSA) is 11.4 Å². The molecule has 0 amide bonds. The monoisotopic (exact) mass is 779 g/mol. The number of hydrogen-bond acceptors (Lipinski definition) is 2. The molecule has 1 heterocycles. The van der Waals surface area contributed by atoms with Crippen molar-refractivity contribution in [2.45, 2.75) is 0 Å². The van der Waals surface area contributed by atoms with Crippen molar-refractivity contribution in [1.29, 1.82) is 0 Å². The van der Waals surface area contributed by atoms with Crippen molar-refractivity contribution in [3.63, 3.8) is 0 Å². The van der Waals surface area contributed by atoms with E-state index in [9.17, 15) is 0 Å². The molecule has 0 spiro atoms. The van der Waals surface area contributed by atoms with Crippen molar-refractivity contribution in [2.75, 3.05) is 9.80 Å². The van der Waals surface area contributed by atoms with Crippen LogP contribution in [-0.2, 0) is 0 Å². The minimum absolute atomic E-state index is 1.09. The maximum Gasteiger partial charge on any atom is 0.0561 e. The van der Waals surface area contributed by atoms with Crippen molar-refractivity contribution in [2.24, 2.45) is 0 Å². The van der Waals surface area contributed by atoms with E-state index in [2.05, 4.69) is 263 Å². The van der Waals surface area contributed by atoms with Gasteiger partial charge in [0.2, 0.25) is 0 Å². The highest BCUT2D eigenvalue weighted by Crippen LogP contribution is 2.46. The number of nitrogens with zero attached hydrogens (tertiary/aromatic N) is 3. The van der Waals surface area contributed by atoms with Crippen LogP contribution in [0.4, 0.5) is 34.1 Å². The Hall–Kier alpha value is -8.14. The van der Waals surface area contributed by atoms with Gasteiger partial charge in [-0.25, -0.2) is 0 Å². The number of rotatable bonds is 9. The third-order valence-corrected chi connectivity index (χ3v) is 11.8. The smallest absolute Gasteiger partial charge is 0.0561 e. The highest BCUT2D eigenvalue weighted by atomic mass is 15.2. The van der Waals surface area contributed by atoms with Crippen LogP contribution in [0.25, 0.3) is 60.5 Å². The van der Waals surface area contributed by atoms with Crippen LogP contribution in [0.1, 0.15) is 0 Å². The minimum atomic E-state index is 1.09. The lowest BCUT2D eigenvalue weighted by atomic mass is 9.95. The molecule has 0 aliphatic rings. The normalized spacial score (nSPS) is 11.3. The first-order valence-electron chi connectivity index (χ1n) is 20.9. The average molecular weight is 780 g/mol. The number of anilines is 6. The highest BCUT2D eigenvalue weighted by Gasteiger charge is 2.21. The van der Waals surface area contributed by atoms with Crippen LogP contribution in [0.2, 0.25) is 0 Å². The molecular formula is C58H41N3. The second-order valence-corrected chi connectivity index (χ2v) is 15.3. The molecule has 61 heavy (non-hydrogen) atoms. The molecule has 0 aliphatic heterocycles. The van der Waals surface area contributed by atoms with E-state index in [1.54, 1.807) is 0 Å². The summed E-state index contributed by atoms with van der Waals surface area (Å²) in [7, 11) is 0. The van der Waals surface area contributed by atoms with Crippen molar-refractivity contribution in [3.8, 4) is 27.9 Å². The van der Waals surface area contributed by atoms with Gasteiger partial charge in [-0.05, 0) is 101 Å². The summed E-state index contributed by atoms with van der Waals surface area (Å²) in [6, 6.07) is 89.4. The molecule has 0 saturated carbocycles. The molecule has 288 valence electrons. The van der Waals surface area contributed by atoms with Crippen molar-refractivity contribution in [1.82, 2.24) is 4.57 Å². The first kappa shape index (κ1) is 36.0. The average Bonchev–Trinajstić information content (AvgIpc) is 3.67. The second kappa shape index (κ2) is 15.6. The minimum Gasteiger partial charge on any atom is -0.310 e. The van der Waals surface area contributed by atoms with Crippen LogP contribution >= 0.6 is 0 Å². The van der Waals surface area contributed by atoms with Crippen molar-refractivity contribution >= 4 is 66.7 Å². The maximum atomic E-state index is 2.41. The Morgan fingerprint density at radius 1 is 0.262 bits per heavy atom. The number of benzene rings is 10. The maximum absolute atomic E-state index is 2.41. The third kappa shape index (κ3) is 6.50. The summed E-state index contributed by atoms with van der Waals surface area (Å²) in [6.07, 6.45) is 0. The molecule has 0 aliphatic carbocycles. The molecule has 0 radical (unpaired) electrons. The van der Waals surface area contributed by atoms with Gasteiger partial charge in [0.1, 0.15) is 0 Å². The number of fused-ring (bicyclic) bond motifs is 4. The van der Waals surface area contributed by atoms with Gasteiger partial charge in [-0.3, -0.25) is 0 Å². The molecule has 0 N–H and O–H groups in total. The molecular weight excluding hydrogens is 739 g/mol. The summed E-state index contributed by atoms with van der Waals surface area (Å²) in [5.74, 6) is 0. The largest absolute Gasteiger partial charge is 0.310 e. The summed E-state index contributed by atoms with van der Waals surface area (Å²) >= 11 is 0. The molecule has 0 unspecified atom stereocenters. The summed E-state index contributed by atoms with van der Waals surface area (Å²) < 4.78 is 2.38. The second-order valence-electron chi connectivity index (χ2n) is 15.3. The molecule has 3 nitrogen and oxygen atoms in total. The van der Waals surface area contributed by atoms with E-state index >= 15 is 0 Å². The zero-order chi connectivity index (χ0) is 40.5. The van der Waals surface area contributed by atoms with Crippen LogP contribution < -0.4 is 9.80 Å². The number of para-hydroxylation sites is 5. The zero-order valence-electron chi connectivity index (χ0n) is 33.5. The molecule has 11 aromatic rings. The number of hydrogen-bond donors (Lipinski definition) is 0. The zero-order valence-corrected chi connectivity index (χ0v) is 33.5. The van der Waals surface area contributed by atoms with E-state index in [1.165, 1.54) is 49.3 Å². The van der Waals surface area contributed by atoms with Gasteiger partial charge >= 0.3 is 0 Å². The van der Waals surface area contributed by atoms with E-state index in [0.717, 1.165) is 45.4 Å². The van der Waals surface area contributed by atoms with Crippen LogP contribution in [-0.4, -0.2) is 4.57 Å². The molecule has 0 fully saturated rings. The van der Waals surface area contributed by atoms with Gasteiger partial charge in [-0.1, -0.05) is 170 Å². The van der Waals surface area contributed by atoms with E-state index in [4.69, 9.17) is 0 Å². The van der Waals surface area contributed by atoms with Gasteiger partial charge in [-0.15, -0.1) is 0 Å². The van der Waals surface area contributed by atoms with Crippen LogP contribution in [0.5, 0.6) is 0 Å². The Labute approximate surface area is 356 Å². The van der Waals surface area contributed by atoms with Gasteiger partial charge in [0.25, 0.3) is 0 Å². The molecule has 0 bridgehead atoms.